The maximum atomic E-state index is 14.3. The number of carbonyl (C=O) groups excluding carboxylic acids is 2. The van der Waals surface area contributed by atoms with Crippen molar-refractivity contribution in [3.63, 3.8) is 0 Å². The summed E-state index contributed by atoms with van der Waals surface area (Å²) in [5.41, 5.74) is -0.759. The summed E-state index contributed by atoms with van der Waals surface area (Å²) in [4.78, 5) is 44.6. The Morgan fingerprint density at radius 3 is 1.35 bits per heavy atom. The van der Waals surface area contributed by atoms with Crippen LogP contribution in [0.5, 0.6) is 0 Å². The number of nitriles is 2. The summed E-state index contributed by atoms with van der Waals surface area (Å²) in [6.45, 7) is 19.1. The van der Waals surface area contributed by atoms with Crippen LogP contribution < -0.4 is 0 Å². The van der Waals surface area contributed by atoms with Crippen molar-refractivity contribution in [3.8, 4) is 21.9 Å². The summed E-state index contributed by atoms with van der Waals surface area (Å²) in [6, 6.07) is 10.2. The van der Waals surface area contributed by atoms with Crippen molar-refractivity contribution < 1.29 is 27.2 Å². The first-order valence-electron chi connectivity index (χ1n) is 15.7. The Kier molecular flexibility index (Phi) is 7.37. The maximum absolute atomic E-state index is 14.3. The van der Waals surface area contributed by atoms with E-state index in [-0.39, 0.29) is 44.8 Å². The average Bonchev–Trinajstić information content (AvgIpc) is 3.99. The first kappa shape index (κ1) is 34.4. The van der Waals surface area contributed by atoms with E-state index in [2.05, 4.69) is 33.5 Å². The van der Waals surface area contributed by atoms with E-state index < -0.39 is 51.6 Å². The number of halogens is 4. The number of carbonyl (C=O) groups is 2. The van der Waals surface area contributed by atoms with Crippen LogP contribution in [0.25, 0.3) is 49.4 Å². The molecule has 8 nitrogen and oxygen atoms in total. The van der Waals surface area contributed by atoms with Crippen molar-refractivity contribution in [1.82, 2.24) is 0 Å². The van der Waals surface area contributed by atoms with Gasteiger partial charge in [0.1, 0.15) is 21.4 Å². The maximum Gasteiger partial charge on any atom is 0.271 e. The summed E-state index contributed by atoms with van der Waals surface area (Å²) in [5, 5.41) is 20.1. The molecule has 6 aromatic rings. The van der Waals surface area contributed by atoms with Crippen molar-refractivity contribution in [2.45, 2.75) is 19.3 Å². The van der Waals surface area contributed by atoms with E-state index in [1.54, 1.807) is 24.3 Å². The molecule has 0 N–H and O–H groups in total. The Hall–Kier alpha value is -6.40. The van der Waals surface area contributed by atoms with Crippen LogP contribution >= 0.6 is 45.3 Å². The molecule has 0 radical (unpaired) electrons. The molecule has 262 valence electrons. The van der Waals surface area contributed by atoms with Gasteiger partial charge in [-0.05, 0) is 58.7 Å². The van der Waals surface area contributed by atoms with E-state index in [1.165, 1.54) is 45.3 Å². The summed E-state index contributed by atoms with van der Waals surface area (Å²) < 4.78 is 60.4. The lowest BCUT2D eigenvalue weighted by Crippen LogP contribution is -2.14. The van der Waals surface area contributed by atoms with Crippen LogP contribution in [0.1, 0.15) is 56.8 Å². The highest BCUT2D eigenvalue weighted by Crippen LogP contribution is 2.63. The molecule has 0 unspecified atom stereocenters. The van der Waals surface area contributed by atoms with Crippen LogP contribution in [-0.2, 0) is 5.41 Å². The first-order chi connectivity index (χ1) is 26.3. The third kappa shape index (κ3) is 4.67. The Labute approximate surface area is 322 Å². The molecule has 0 saturated carbocycles. The highest BCUT2D eigenvalue weighted by atomic mass is 32.1. The minimum Gasteiger partial charge on any atom is -0.287 e. The quantitative estimate of drug-likeness (QED) is 0.0985. The molecule has 0 amide bonds. The zero-order valence-corrected chi connectivity index (χ0v) is 30.9. The molecule has 3 aliphatic rings. The number of hydrogen-bond acceptors (Lipinski definition) is 10. The predicted octanol–water partition coefficient (Wildman–Crippen LogP) is 11.3. The fourth-order valence-corrected chi connectivity index (χ4v) is 13.0. The van der Waals surface area contributed by atoms with E-state index in [0.717, 1.165) is 63.9 Å². The van der Waals surface area contributed by atoms with E-state index >= 15 is 0 Å². The van der Waals surface area contributed by atoms with E-state index in [1.807, 2.05) is 0 Å². The Bertz CT molecular complexity index is 2970. The molecule has 0 fully saturated rings. The van der Waals surface area contributed by atoms with Gasteiger partial charge in [0.25, 0.3) is 11.4 Å². The molecule has 0 bridgehead atoms. The lowest BCUT2D eigenvalue weighted by Gasteiger charge is -2.19. The van der Waals surface area contributed by atoms with Gasteiger partial charge in [-0.25, -0.2) is 47.8 Å². The molecule has 0 saturated heterocycles. The Morgan fingerprint density at radius 1 is 0.636 bits per heavy atom. The SMILES string of the molecule is [C-]#[N+]C(C#N)=C1C(=Nc2cc3sc4c(c3s2)C(C)(C)c2c-4sc3cc(N=C4C(=O)c5cc(F)c(F)cc5/C4=C(/C#N)[N+]#[C-])sc23)C(=O)c2cc(F)c(F)cc21. The summed E-state index contributed by atoms with van der Waals surface area (Å²) in [5.74, 6) is -6.39. The average molecular weight is 801 g/mol. The molecule has 55 heavy (non-hydrogen) atoms. The third-order valence-electron chi connectivity index (χ3n) is 9.56. The zero-order chi connectivity index (χ0) is 38.8. The Balaban J connectivity index is 1.13. The summed E-state index contributed by atoms with van der Waals surface area (Å²) in [6.07, 6.45) is 0. The van der Waals surface area contributed by atoms with Gasteiger partial charge in [0.15, 0.2) is 23.3 Å². The van der Waals surface area contributed by atoms with Crippen molar-refractivity contribution in [2.75, 3.05) is 0 Å². The normalized spacial score (nSPS) is 18.3. The molecule has 2 aromatic carbocycles. The monoisotopic (exact) mass is 800 g/mol. The number of fused-ring (bicyclic) bond motifs is 9. The van der Waals surface area contributed by atoms with Crippen LogP contribution in [0.2, 0.25) is 0 Å². The molecular weight excluding hydrogens is 789 g/mol. The fourth-order valence-electron chi connectivity index (χ4n) is 7.25. The lowest BCUT2D eigenvalue weighted by molar-refractivity contribution is 0.106. The first-order valence-corrected chi connectivity index (χ1v) is 19.0. The minimum absolute atomic E-state index is 0.0710. The number of nitrogens with zero attached hydrogens (tertiary/aromatic N) is 6. The van der Waals surface area contributed by atoms with Gasteiger partial charge in [-0.1, -0.05) is 13.8 Å². The molecule has 9 rings (SSSR count). The number of aliphatic imine (C=N–C) groups is 2. The summed E-state index contributed by atoms with van der Waals surface area (Å²) in [7, 11) is 0. The van der Waals surface area contributed by atoms with Crippen molar-refractivity contribution >= 4 is 108 Å². The second-order valence-corrected chi connectivity index (χ2v) is 17.1. The van der Waals surface area contributed by atoms with Gasteiger partial charge >= 0.3 is 0 Å². The molecule has 0 aliphatic heterocycles. The van der Waals surface area contributed by atoms with Gasteiger partial charge in [0, 0.05) is 37.1 Å². The van der Waals surface area contributed by atoms with Crippen LogP contribution in [-0.4, -0.2) is 23.0 Å². The predicted molar refractivity (Wildman–Crippen MR) is 204 cm³/mol. The molecule has 4 heterocycles. The van der Waals surface area contributed by atoms with Gasteiger partial charge in [0.05, 0.1) is 44.4 Å². The van der Waals surface area contributed by atoms with Gasteiger partial charge in [-0.2, -0.15) is 0 Å². The van der Waals surface area contributed by atoms with Crippen LogP contribution in [0.15, 0.2) is 57.8 Å². The van der Waals surface area contributed by atoms with Crippen molar-refractivity contribution in [1.29, 1.82) is 10.5 Å². The standard InChI is InChI=1S/C39H12F4N6O2S4/c1-39(2)29-35-23(9-25(54-35)48-31-27(21(11-44)46-3)13-5-17(40)19(42)7-15(13)33(31)50)52-37(29)38-30(39)36-24(53-38)10-26(55-36)49-32-28(22(12-45)47-4)14-6-18(41)20(43)8-16(14)34(32)51/h5-10H,1-2H3/b27-21+,28-22?,48-31?,49-32?. The highest BCUT2D eigenvalue weighted by molar-refractivity contribution is 7.36. The number of Topliss-reactive ketones (excluding diaryl/α,β-unsaturated/α-hetero) is 2. The third-order valence-corrected chi connectivity index (χ3v) is 14.4. The Morgan fingerprint density at radius 2 is 1.00 bits per heavy atom. The molecule has 4 aromatic heterocycles. The number of ketones is 2. The van der Waals surface area contributed by atoms with E-state index in [4.69, 9.17) is 13.1 Å². The molecule has 0 atom stereocenters. The van der Waals surface area contributed by atoms with Gasteiger partial charge < -0.3 is 0 Å². The van der Waals surface area contributed by atoms with Crippen LogP contribution in [0.3, 0.4) is 0 Å². The number of rotatable bonds is 2. The van der Waals surface area contributed by atoms with Crippen molar-refractivity contribution in [3.05, 3.63) is 127 Å². The number of allylic oxidation sites excluding steroid dienone is 4. The van der Waals surface area contributed by atoms with Crippen molar-refractivity contribution in [2.24, 2.45) is 9.98 Å². The summed E-state index contributed by atoms with van der Waals surface area (Å²) >= 11 is 5.67. The fraction of sp³-hybridized carbons (Fsp3) is 0.0769. The molecular formula is C39H12F4N6O2S4. The van der Waals surface area contributed by atoms with Crippen LogP contribution in [0.4, 0.5) is 27.6 Å². The van der Waals surface area contributed by atoms with Gasteiger partial charge in [-0.15, -0.1) is 45.3 Å². The van der Waals surface area contributed by atoms with E-state index in [0.29, 0.717) is 10.0 Å². The number of thiophene rings is 4. The smallest absolute Gasteiger partial charge is 0.271 e. The van der Waals surface area contributed by atoms with Crippen LogP contribution in [0, 0.1) is 59.1 Å². The lowest BCUT2D eigenvalue weighted by atomic mass is 9.84. The minimum atomic E-state index is -1.24. The number of benzene rings is 2. The van der Waals surface area contributed by atoms with Gasteiger partial charge in [-0.3, -0.25) is 9.59 Å². The van der Waals surface area contributed by atoms with Gasteiger partial charge in [0.2, 0.25) is 11.6 Å². The second kappa shape index (κ2) is 11.8. The largest absolute Gasteiger partial charge is 0.287 e. The second-order valence-electron chi connectivity index (χ2n) is 12.9. The highest BCUT2D eigenvalue weighted by Gasteiger charge is 2.44. The van der Waals surface area contributed by atoms with E-state index in [9.17, 15) is 37.7 Å². The topological polar surface area (TPSA) is 115 Å². The molecule has 3 aliphatic carbocycles. The molecule has 0 spiro atoms. The molecule has 16 heteroatoms. The zero-order valence-electron chi connectivity index (χ0n) is 27.6. The number of hydrogen-bond donors (Lipinski definition) is 0.